The van der Waals surface area contributed by atoms with Gasteiger partial charge in [-0.3, -0.25) is 9.89 Å². The van der Waals surface area contributed by atoms with Crippen molar-refractivity contribution >= 4 is 29.9 Å². The minimum atomic E-state index is -4.18. The second kappa shape index (κ2) is 11.4. The zero-order valence-electron chi connectivity index (χ0n) is 14.9. The third-order valence-corrected chi connectivity index (χ3v) is 3.38. The molecule has 1 rings (SSSR count). The van der Waals surface area contributed by atoms with Crippen molar-refractivity contribution in [3.63, 3.8) is 0 Å². The second-order valence-corrected chi connectivity index (χ2v) is 5.53. The lowest BCUT2D eigenvalue weighted by Crippen LogP contribution is -2.43. The SMILES string of the molecule is CN=C(NCCN(C)CC(F)(F)F)N(C)Cc1ccc(OC)cc1.I. The third kappa shape index (κ3) is 9.73. The molecule has 0 amide bonds. The van der Waals surface area contributed by atoms with Crippen molar-refractivity contribution < 1.29 is 17.9 Å². The quantitative estimate of drug-likeness (QED) is 0.375. The van der Waals surface area contributed by atoms with Crippen molar-refractivity contribution in [3.05, 3.63) is 29.8 Å². The van der Waals surface area contributed by atoms with E-state index in [4.69, 9.17) is 4.74 Å². The molecule has 5 nitrogen and oxygen atoms in total. The number of aliphatic imine (C=N–C) groups is 1. The number of benzene rings is 1. The summed E-state index contributed by atoms with van der Waals surface area (Å²) in [6, 6.07) is 7.68. The Hall–Kier alpha value is -1.23. The molecule has 25 heavy (non-hydrogen) atoms. The highest BCUT2D eigenvalue weighted by molar-refractivity contribution is 14.0. The van der Waals surface area contributed by atoms with E-state index in [0.29, 0.717) is 19.0 Å². The van der Waals surface area contributed by atoms with Gasteiger partial charge in [0.1, 0.15) is 5.75 Å². The monoisotopic (exact) mass is 474 g/mol. The van der Waals surface area contributed by atoms with Crippen molar-refractivity contribution in [3.8, 4) is 5.75 Å². The Morgan fingerprint density at radius 1 is 1.20 bits per heavy atom. The molecule has 1 aromatic carbocycles. The number of ether oxygens (including phenoxy) is 1. The number of alkyl halides is 3. The number of nitrogens with one attached hydrogen (secondary N) is 1. The molecular formula is C16H26F3IN4O. The first-order chi connectivity index (χ1) is 11.2. The van der Waals surface area contributed by atoms with Gasteiger partial charge >= 0.3 is 6.18 Å². The van der Waals surface area contributed by atoms with Gasteiger partial charge in [0.2, 0.25) is 0 Å². The fraction of sp³-hybridized carbons (Fsp3) is 0.562. The van der Waals surface area contributed by atoms with E-state index in [2.05, 4.69) is 10.3 Å². The summed E-state index contributed by atoms with van der Waals surface area (Å²) in [6.45, 7) is 0.359. The van der Waals surface area contributed by atoms with Gasteiger partial charge < -0.3 is 15.0 Å². The van der Waals surface area contributed by atoms with E-state index in [-0.39, 0.29) is 30.5 Å². The summed E-state index contributed by atoms with van der Waals surface area (Å²) in [7, 11) is 6.58. The summed E-state index contributed by atoms with van der Waals surface area (Å²) in [6.07, 6.45) is -4.18. The molecule has 0 bridgehead atoms. The average molecular weight is 474 g/mol. The number of halogens is 4. The summed E-state index contributed by atoms with van der Waals surface area (Å²) in [5, 5.41) is 3.07. The van der Waals surface area contributed by atoms with Gasteiger partial charge in [-0.2, -0.15) is 13.2 Å². The van der Waals surface area contributed by atoms with Crippen molar-refractivity contribution in [1.82, 2.24) is 15.1 Å². The largest absolute Gasteiger partial charge is 0.497 e. The van der Waals surface area contributed by atoms with Crippen LogP contribution in [-0.4, -0.2) is 69.8 Å². The molecule has 0 unspecified atom stereocenters. The lowest BCUT2D eigenvalue weighted by atomic mass is 10.2. The molecule has 1 N–H and O–H groups in total. The van der Waals surface area contributed by atoms with E-state index >= 15 is 0 Å². The van der Waals surface area contributed by atoms with Crippen LogP contribution in [0, 0.1) is 0 Å². The van der Waals surface area contributed by atoms with Crippen LogP contribution in [0.3, 0.4) is 0 Å². The third-order valence-electron chi connectivity index (χ3n) is 3.38. The van der Waals surface area contributed by atoms with Crippen LogP contribution in [0.1, 0.15) is 5.56 Å². The number of methoxy groups -OCH3 is 1. The minimum absolute atomic E-state index is 0. The summed E-state index contributed by atoms with van der Waals surface area (Å²) < 4.78 is 42.0. The highest BCUT2D eigenvalue weighted by atomic mass is 127. The first-order valence-corrected chi connectivity index (χ1v) is 7.55. The van der Waals surface area contributed by atoms with Crippen molar-refractivity contribution in [1.29, 1.82) is 0 Å². The first-order valence-electron chi connectivity index (χ1n) is 7.55. The predicted octanol–water partition coefficient (Wildman–Crippen LogP) is 2.81. The fourth-order valence-corrected chi connectivity index (χ4v) is 2.21. The summed E-state index contributed by atoms with van der Waals surface area (Å²) in [5.41, 5.74) is 1.08. The molecule has 0 atom stereocenters. The summed E-state index contributed by atoms with van der Waals surface area (Å²) in [5.74, 6) is 1.42. The number of nitrogens with zero attached hydrogens (tertiary/aromatic N) is 3. The highest BCUT2D eigenvalue weighted by Gasteiger charge is 2.28. The lowest BCUT2D eigenvalue weighted by Gasteiger charge is -2.24. The number of rotatable bonds is 7. The Morgan fingerprint density at radius 2 is 1.80 bits per heavy atom. The molecule has 0 aliphatic rings. The Labute approximate surface area is 164 Å². The first kappa shape index (κ1) is 23.8. The normalized spacial score (nSPS) is 11.9. The van der Waals surface area contributed by atoms with Gasteiger partial charge in [-0.15, -0.1) is 24.0 Å². The molecule has 0 spiro atoms. The van der Waals surface area contributed by atoms with E-state index in [0.717, 1.165) is 11.3 Å². The van der Waals surface area contributed by atoms with Crippen LogP contribution in [0.5, 0.6) is 5.75 Å². The van der Waals surface area contributed by atoms with E-state index in [1.165, 1.54) is 11.9 Å². The maximum atomic E-state index is 12.3. The zero-order chi connectivity index (χ0) is 18.2. The van der Waals surface area contributed by atoms with E-state index in [9.17, 15) is 13.2 Å². The number of hydrogen-bond donors (Lipinski definition) is 1. The van der Waals surface area contributed by atoms with Crippen LogP contribution < -0.4 is 10.1 Å². The maximum Gasteiger partial charge on any atom is 0.401 e. The van der Waals surface area contributed by atoms with Crippen molar-refractivity contribution in [2.45, 2.75) is 12.7 Å². The van der Waals surface area contributed by atoms with Crippen LogP contribution in [0.15, 0.2) is 29.3 Å². The van der Waals surface area contributed by atoms with Gasteiger partial charge in [0.15, 0.2) is 5.96 Å². The van der Waals surface area contributed by atoms with Gasteiger partial charge in [0, 0.05) is 33.7 Å². The molecular weight excluding hydrogens is 448 g/mol. The molecule has 0 saturated carbocycles. The number of likely N-dealkylation sites (N-methyl/N-ethyl adjacent to an activating group) is 1. The molecule has 0 heterocycles. The van der Waals surface area contributed by atoms with Gasteiger partial charge in [0.05, 0.1) is 13.7 Å². The van der Waals surface area contributed by atoms with Gasteiger partial charge in [-0.1, -0.05) is 12.1 Å². The molecule has 144 valence electrons. The Balaban J connectivity index is 0.00000576. The van der Waals surface area contributed by atoms with E-state index < -0.39 is 12.7 Å². The summed E-state index contributed by atoms with van der Waals surface area (Å²) >= 11 is 0. The van der Waals surface area contributed by atoms with E-state index in [1.54, 1.807) is 14.2 Å². The van der Waals surface area contributed by atoms with Crippen LogP contribution in [-0.2, 0) is 6.54 Å². The molecule has 0 aliphatic heterocycles. The standard InChI is InChI=1S/C16H25F3N4O.HI/c1-20-15(21-9-10-22(2)12-16(17,18)19)23(3)11-13-5-7-14(24-4)8-6-13;/h5-8H,9-12H2,1-4H3,(H,20,21);1H. The molecule has 0 aromatic heterocycles. The number of hydrogen-bond acceptors (Lipinski definition) is 3. The van der Waals surface area contributed by atoms with Gasteiger partial charge in [0.25, 0.3) is 0 Å². The van der Waals surface area contributed by atoms with Crippen LogP contribution in [0.2, 0.25) is 0 Å². The number of guanidine groups is 1. The molecule has 1 aromatic rings. The van der Waals surface area contributed by atoms with Gasteiger partial charge in [-0.25, -0.2) is 0 Å². The predicted molar refractivity (Wildman–Crippen MR) is 105 cm³/mol. The van der Waals surface area contributed by atoms with Crippen LogP contribution >= 0.6 is 24.0 Å². The molecule has 0 aliphatic carbocycles. The molecule has 9 heteroatoms. The van der Waals surface area contributed by atoms with Crippen molar-refractivity contribution in [2.75, 3.05) is 47.9 Å². The van der Waals surface area contributed by atoms with Crippen LogP contribution in [0.25, 0.3) is 0 Å². The van der Waals surface area contributed by atoms with Crippen molar-refractivity contribution in [2.24, 2.45) is 4.99 Å². The van der Waals surface area contributed by atoms with Crippen LogP contribution in [0.4, 0.5) is 13.2 Å². The maximum absolute atomic E-state index is 12.3. The molecule has 0 saturated heterocycles. The second-order valence-electron chi connectivity index (χ2n) is 5.53. The Morgan fingerprint density at radius 3 is 2.28 bits per heavy atom. The van der Waals surface area contributed by atoms with E-state index in [1.807, 2.05) is 36.2 Å². The highest BCUT2D eigenvalue weighted by Crippen LogP contribution is 2.15. The lowest BCUT2D eigenvalue weighted by molar-refractivity contribution is -0.142. The fourth-order valence-electron chi connectivity index (χ4n) is 2.21. The zero-order valence-corrected chi connectivity index (χ0v) is 17.3. The van der Waals surface area contributed by atoms with Gasteiger partial charge in [-0.05, 0) is 24.7 Å². The minimum Gasteiger partial charge on any atom is -0.497 e. The molecule has 0 fully saturated rings. The Kier molecular flexibility index (Phi) is 10.8. The Bertz CT molecular complexity index is 523. The summed E-state index contributed by atoms with van der Waals surface area (Å²) in [4.78, 5) is 7.29. The topological polar surface area (TPSA) is 40.1 Å². The smallest absolute Gasteiger partial charge is 0.401 e. The molecule has 0 radical (unpaired) electrons. The average Bonchev–Trinajstić information content (AvgIpc) is 2.50.